The first kappa shape index (κ1) is 15.0. The van der Waals surface area contributed by atoms with Crippen LogP contribution < -0.4 is 11.2 Å². The van der Waals surface area contributed by atoms with Crippen LogP contribution in [0.15, 0.2) is 9.59 Å². The van der Waals surface area contributed by atoms with Crippen molar-refractivity contribution in [2.45, 2.75) is 58.9 Å². The van der Waals surface area contributed by atoms with Gasteiger partial charge in [-0.2, -0.15) is 0 Å². The SMILES string of the molecule is CCCc1c(Cl)[nH]c(=O)n(C(C)(CC)CC)c1=O. The number of hydrogen-bond acceptors (Lipinski definition) is 2. The van der Waals surface area contributed by atoms with Gasteiger partial charge in [-0.15, -0.1) is 0 Å². The minimum Gasteiger partial charge on any atom is -0.297 e. The molecular weight excluding hydrogens is 252 g/mol. The van der Waals surface area contributed by atoms with Gasteiger partial charge in [-0.25, -0.2) is 4.79 Å². The largest absolute Gasteiger partial charge is 0.330 e. The summed E-state index contributed by atoms with van der Waals surface area (Å²) < 4.78 is 1.32. The van der Waals surface area contributed by atoms with E-state index in [1.54, 1.807) is 0 Å². The van der Waals surface area contributed by atoms with Crippen LogP contribution in [0.4, 0.5) is 0 Å². The zero-order valence-electron chi connectivity index (χ0n) is 11.5. The van der Waals surface area contributed by atoms with E-state index >= 15 is 0 Å². The Balaban J connectivity index is 3.60. The molecular formula is C13H21ClN2O2. The highest BCUT2D eigenvalue weighted by Crippen LogP contribution is 2.21. The van der Waals surface area contributed by atoms with Gasteiger partial charge in [0.2, 0.25) is 0 Å². The summed E-state index contributed by atoms with van der Waals surface area (Å²) in [4.78, 5) is 27.0. The highest BCUT2D eigenvalue weighted by Gasteiger charge is 2.27. The van der Waals surface area contributed by atoms with E-state index in [0.29, 0.717) is 12.0 Å². The predicted molar refractivity (Wildman–Crippen MR) is 74.6 cm³/mol. The summed E-state index contributed by atoms with van der Waals surface area (Å²) in [5.41, 5.74) is -0.627. The number of hydrogen-bond donors (Lipinski definition) is 1. The topological polar surface area (TPSA) is 54.9 Å². The van der Waals surface area contributed by atoms with Gasteiger partial charge < -0.3 is 0 Å². The lowest BCUT2D eigenvalue weighted by molar-refractivity contribution is 0.272. The molecule has 5 heteroatoms. The van der Waals surface area contributed by atoms with Crippen molar-refractivity contribution < 1.29 is 0 Å². The Labute approximate surface area is 112 Å². The standard InChI is InChI=1S/C13H21ClN2O2/c1-5-8-9-10(14)15-12(18)16(11(9)17)13(4,6-2)7-3/h5-8H2,1-4H3,(H,15,18). The third-order valence-corrected chi connectivity index (χ3v) is 4.03. The molecule has 1 heterocycles. The second-order valence-electron chi connectivity index (χ2n) is 4.82. The Morgan fingerprint density at radius 2 is 1.78 bits per heavy atom. The Kier molecular flexibility index (Phi) is 4.79. The van der Waals surface area contributed by atoms with E-state index in [1.165, 1.54) is 4.57 Å². The number of rotatable bonds is 5. The Morgan fingerprint density at radius 1 is 1.22 bits per heavy atom. The molecule has 0 saturated heterocycles. The first-order valence-electron chi connectivity index (χ1n) is 6.45. The first-order chi connectivity index (χ1) is 8.41. The van der Waals surface area contributed by atoms with E-state index in [-0.39, 0.29) is 10.7 Å². The maximum absolute atomic E-state index is 12.4. The summed E-state index contributed by atoms with van der Waals surface area (Å²) in [6, 6.07) is 0. The van der Waals surface area contributed by atoms with Crippen molar-refractivity contribution >= 4 is 11.6 Å². The van der Waals surface area contributed by atoms with Gasteiger partial charge in [0, 0.05) is 5.54 Å². The maximum atomic E-state index is 12.4. The molecule has 0 aliphatic heterocycles. The summed E-state index contributed by atoms with van der Waals surface area (Å²) in [6.07, 6.45) is 2.84. The van der Waals surface area contributed by atoms with Gasteiger partial charge in [0.1, 0.15) is 5.15 Å². The molecule has 0 aromatic carbocycles. The molecule has 1 aromatic rings. The van der Waals surface area contributed by atoms with Crippen LogP contribution in [0.3, 0.4) is 0 Å². The van der Waals surface area contributed by atoms with E-state index in [0.717, 1.165) is 19.3 Å². The van der Waals surface area contributed by atoms with Crippen molar-refractivity contribution in [1.82, 2.24) is 9.55 Å². The number of aromatic amines is 1. The summed E-state index contributed by atoms with van der Waals surface area (Å²) in [7, 11) is 0. The average Bonchev–Trinajstić information content (AvgIpc) is 2.33. The van der Waals surface area contributed by atoms with Crippen molar-refractivity contribution in [2.24, 2.45) is 0 Å². The molecule has 0 atom stereocenters. The van der Waals surface area contributed by atoms with Crippen molar-refractivity contribution in [3.05, 3.63) is 31.6 Å². The molecule has 0 bridgehead atoms. The fraction of sp³-hybridized carbons (Fsp3) is 0.692. The van der Waals surface area contributed by atoms with Crippen molar-refractivity contribution in [3.8, 4) is 0 Å². The average molecular weight is 273 g/mol. The van der Waals surface area contributed by atoms with Gasteiger partial charge in [-0.3, -0.25) is 14.3 Å². The maximum Gasteiger partial charge on any atom is 0.330 e. The molecule has 102 valence electrons. The van der Waals surface area contributed by atoms with Crippen LogP contribution in [-0.4, -0.2) is 9.55 Å². The number of nitrogens with zero attached hydrogens (tertiary/aromatic N) is 1. The highest BCUT2D eigenvalue weighted by molar-refractivity contribution is 6.30. The molecule has 4 nitrogen and oxygen atoms in total. The van der Waals surface area contributed by atoms with E-state index < -0.39 is 11.2 Å². The van der Waals surface area contributed by atoms with Crippen molar-refractivity contribution in [3.63, 3.8) is 0 Å². The zero-order valence-corrected chi connectivity index (χ0v) is 12.2. The molecule has 0 spiro atoms. The van der Waals surface area contributed by atoms with Crippen LogP contribution in [0.5, 0.6) is 0 Å². The first-order valence-corrected chi connectivity index (χ1v) is 6.83. The van der Waals surface area contributed by atoms with Crippen LogP contribution in [0.1, 0.15) is 52.5 Å². The Morgan fingerprint density at radius 3 is 2.22 bits per heavy atom. The fourth-order valence-corrected chi connectivity index (χ4v) is 2.33. The molecule has 0 fully saturated rings. The third-order valence-electron chi connectivity index (χ3n) is 3.71. The molecule has 1 rings (SSSR count). The fourth-order valence-electron chi connectivity index (χ4n) is 2.07. The lowest BCUT2D eigenvalue weighted by Gasteiger charge is -2.29. The van der Waals surface area contributed by atoms with Gasteiger partial charge in [0.25, 0.3) is 5.56 Å². The summed E-state index contributed by atoms with van der Waals surface area (Å²) in [5, 5.41) is 0.178. The third kappa shape index (κ3) is 2.53. The van der Waals surface area contributed by atoms with Crippen molar-refractivity contribution in [1.29, 1.82) is 0 Å². The number of aromatic nitrogens is 2. The molecule has 0 aliphatic rings. The molecule has 0 saturated carbocycles. The van der Waals surface area contributed by atoms with Gasteiger partial charge in [-0.1, -0.05) is 38.8 Å². The van der Waals surface area contributed by atoms with Gasteiger partial charge >= 0.3 is 5.69 Å². The molecule has 0 aliphatic carbocycles. The van der Waals surface area contributed by atoms with Gasteiger partial charge in [0.05, 0.1) is 5.56 Å². The lowest BCUT2D eigenvalue weighted by atomic mass is 9.95. The van der Waals surface area contributed by atoms with Crippen LogP contribution >= 0.6 is 11.6 Å². The smallest absolute Gasteiger partial charge is 0.297 e. The van der Waals surface area contributed by atoms with Crippen LogP contribution in [-0.2, 0) is 12.0 Å². The molecule has 0 radical (unpaired) electrons. The summed E-state index contributed by atoms with van der Waals surface area (Å²) in [6.45, 7) is 7.85. The quantitative estimate of drug-likeness (QED) is 0.838. The minimum absolute atomic E-state index is 0.178. The summed E-state index contributed by atoms with van der Waals surface area (Å²) >= 11 is 5.95. The molecule has 0 unspecified atom stereocenters. The van der Waals surface area contributed by atoms with Crippen LogP contribution in [0.25, 0.3) is 0 Å². The second kappa shape index (κ2) is 5.74. The number of H-pyrrole nitrogens is 1. The van der Waals surface area contributed by atoms with Gasteiger partial charge in [-0.05, 0) is 26.2 Å². The predicted octanol–water partition coefficient (Wildman–Crippen LogP) is 2.68. The lowest BCUT2D eigenvalue weighted by Crippen LogP contribution is -2.48. The molecule has 1 aromatic heterocycles. The minimum atomic E-state index is -0.461. The Hall–Kier alpha value is -1.03. The molecule has 1 N–H and O–H groups in total. The molecule has 0 amide bonds. The Bertz CT molecular complexity index is 527. The van der Waals surface area contributed by atoms with E-state index in [4.69, 9.17) is 11.6 Å². The molecule has 18 heavy (non-hydrogen) atoms. The van der Waals surface area contributed by atoms with E-state index in [1.807, 2.05) is 27.7 Å². The second-order valence-corrected chi connectivity index (χ2v) is 5.20. The van der Waals surface area contributed by atoms with E-state index in [2.05, 4.69) is 4.98 Å². The number of halogens is 1. The highest BCUT2D eigenvalue weighted by atomic mass is 35.5. The number of nitrogens with one attached hydrogen (secondary N) is 1. The zero-order chi connectivity index (χ0) is 13.9. The van der Waals surface area contributed by atoms with Crippen molar-refractivity contribution in [2.75, 3.05) is 0 Å². The monoisotopic (exact) mass is 272 g/mol. The van der Waals surface area contributed by atoms with Crippen LogP contribution in [0, 0.1) is 0 Å². The normalized spacial score (nSPS) is 11.8. The van der Waals surface area contributed by atoms with Crippen LogP contribution in [0.2, 0.25) is 5.15 Å². The summed E-state index contributed by atoms with van der Waals surface area (Å²) in [5.74, 6) is 0. The van der Waals surface area contributed by atoms with E-state index in [9.17, 15) is 9.59 Å². The van der Waals surface area contributed by atoms with Gasteiger partial charge in [0.15, 0.2) is 0 Å².